The molecular weight excluding hydrogens is 488 g/mol. The van der Waals surface area contributed by atoms with Gasteiger partial charge in [-0.1, -0.05) is 52.5 Å². The van der Waals surface area contributed by atoms with Gasteiger partial charge in [-0.3, -0.25) is 9.69 Å². The molecule has 1 aliphatic heterocycles. The average Bonchev–Trinajstić information content (AvgIpc) is 3.28. The Morgan fingerprint density at radius 3 is 2.94 bits per heavy atom. The third-order valence-corrected chi connectivity index (χ3v) is 8.27. The molecule has 2 aliphatic rings. The number of hydrogen-bond acceptors (Lipinski definition) is 6. The minimum atomic E-state index is 0.0437. The number of nitrogens with one attached hydrogen (secondary N) is 1. The first-order valence-corrected chi connectivity index (χ1v) is 13.7. The molecule has 0 radical (unpaired) electrons. The second-order valence-electron chi connectivity index (χ2n) is 8.87. The lowest BCUT2D eigenvalue weighted by Crippen LogP contribution is -2.43. The quantitative estimate of drug-likeness (QED) is 0.453. The number of benzene rings is 1. The molecule has 4 rings (SSSR count). The Bertz CT molecular complexity index is 871. The van der Waals surface area contributed by atoms with Crippen LogP contribution in [0.2, 0.25) is 0 Å². The largest absolute Gasteiger partial charge is 0.356 e. The number of nitrogens with zero attached hydrogens (tertiary/aromatic N) is 3. The number of likely N-dealkylation sites (tertiary alicyclic amines) is 1. The van der Waals surface area contributed by atoms with Gasteiger partial charge in [0.05, 0.1) is 12.5 Å². The monoisotopic (exact) mass is 520 g/mol. The number of carbonyl (C=O) groups excluding carboxylic acids is 1. The fourth-order valence-corrected chi connectivity index (χ4v) is 6.29. The fourth-order valence-electron chi connectivity index (χ4n) is 4.58. The number of carbonyl (C=O) groups is 1. The van der Waals surface area contributed by atoms with Crippen molar-refractivity contribution in [3.8, 4) is 11.4 Å². The van der Waals surface area contributed by atoms with Crippen molar-refractivity contribution < 1.29 is 9.32 Å². The van der Waals surface area contributed by atoms with E-state index in [-0.39, 0.29) is 11.8 Å². The zero-order chi connectivity index (χ0) is 22.2. The van der Waals surface area contributed by atoms with E-state index in [2.05, 4.69) is 48.0 Å². The fraction of sp³-hybridized carbons (Fsp3) is 0.625. The van der Waals surface area contributed by atoms with Gasteiger partial charge in [-0.15, -0.1) is 0 Å². The highest BCUT2D eigenvalue weighted by atomic mass is 79.9. The molecule has 0 spiro atoms. The summed E-state index contributed by atoms with van der Waals surface area (Å²) in [6.07, 6.45) is 9.96. The predicted molar refractivity (Wildman–Crippen MR) is 132 cm³/mol. The van der Waals surface area contributed by atoms with Crippen molar-refractivity contribution in [1.82, 2.24) is 20.4 Å². The van der Waals surface area contributed by atoms with Crippen molar-refractivity contribution in [1.29, 1.82) is 0 Å². The van der Waals surface area contributed by atoms with Gasteiger partial charge in [0.2, 0.25) is 17.6 Å². The lowest BCUT2D eigenvalue weighted by Gasteiger charge is -2.30. The number of rotatable bonds is 9. The van der Waals surface area contributed by atoms with Crippen molar-refractivity contribution in [3.63, 3.8) is 0 Å². The highest BCUT2D eigenvalue weighted by Crippen LogP contribution is 2.28. The van der Waals surface area contributed by atoms with Crippen LogP contribution in [-0.4, -0.2) is 51.6 Å². The molecule has 32 heavy (non-hydrogen) atoms. The average molecular weight is 522 g/mol. The van der Waals surface area contributed by atoms with Crippen LogP contribution in [-0.2, 0) is 11.3 Å². The van der Waals surface area contributed by atoms with Crippen LogP contribution in [0.15, 0.2) is 33.3 Å². The number of amides is 1. The summed E-state index contributed by atoms with van der Waals surface area (Å²) in [5, 5.41) is 8.14. The van der Waals surface area contributed by atoms with Crippen LogP contribution in [0, 0.1) is 5.92 Å². The third-order valence-electron chi connectivity index (χ3n) is 6.31. The van der Waals surface area contributed by atoms with E-state index in [1.807, 2.05) is 24.3 Å². The van der Waals surface area contributed by atoms with E-state index in [4.69, 9.17) is 4.52 Å². The standard InChI is InChI=1S/C24H33BrN4O2S/c25-20-9-4-7-18(15-20)23-27-22(31-28-23)17-29-13-5-8-19(16-29)24(30)26-12-6-14-32-21-10-2-1-3-11-21/h4,7,9,15,19,21H,1-3,5-6,8,10-14,16-17H2,(H,26,30). The summed E-state index contributed by atoms with van der Waals surface area (Å²) in [6, 6.07) is 7.87. The van der Waals surface area contributed by atoms with Crippen LogP contribution < -0.4 is 5.32 Å². The zero-order valence-electron chi connectivity index (χ0n) is 18.6. The number of hydrogen-bond donors (Lipinski definition) is 1. The normalized spacial score (nSPS) is 20.3. The molecule has 1 atom stereocenters. The topological polar surface area (TPSA) is 71.3 Å². The predicted octanol–water partition coefficient (Wildman–Crippen LogP) is 5.28. The lowest BCUT2D eigenvalue weighted by molar-refractivity contribution is -0.126. The van der Waals surface area contributed by atoms with E-state index in [1.165, 1.54) is 32.1 Å². The van der Waals surface area contributed by atoms with Gasteiger partial charge in [0.15, 0.2) is 0 Å². The third kappa shape index (κ3) is 7.06. The Morgan fingerprint density at radius 2 is 2.09 bits per heavy atom. The Morgan fingerprint density at radius 1 is 1.22 bits per heavy atom. The first kappa shape index (κ1) is 23.8. The Balaban J connectivity index is 1.18. The van der Waals surface area contributed by atoms with E-state index in [0.717, 1.165) is 59.9 Å². The highest BCUT2D eigenvalue weighted by molar-refractivity contribution is 9.10. The molecule has 1 N–H and O–H groups in total. The summed E-state index contributed by atoms with van der Waals surface area (Å²) in [7, 11) is 0. The van der Waals surface area contributed by atoms with Gasteiger partial charge in [0.25, 0.3) is 0 Å². The molecule has 1 saturated heterocycles. The first-order chi connectivity index (χ1) is 15.7. The highest BCUT2D eigenvalue weighted by Gasteiger charge is 2.26. The van der Waals surface area contributed by atoms with Crippen molar-refractivity contribution in [2.24, 2.45) is 5.92 Å². The molecule has 1 aliphatic carbocycles. The number of thioether (sulfide) groups is 1. The Kier molecular flexibility index (Phi) is 9.05. The molecule has 2 aromatic rings. The van der Waals surface area contributed by atoms with E-state index in [0.29, 0.717) is 18.3 Å². The Labute approximate surface area is 203 Å². The lowest BCUT2D eigenvalue weighted by atomic mass is 9.97. The van der Waals surface area contributed by atoms with Crippen molar-refractivity contribution in [3.05, 3.63) is 34.6 Å². The first-order valence-electron chi connectivity index (χ1n) is 11.9. The molecule has 174 valence electrons. The van der Waals surface area contributed by atoms with Gasteiger partial charge < -0.3 is 9.84 Å². The second kappa shape index (κ2) is 12.2. The molecule has 1 amide bonds. The summed E-state index contributed by atoms with van der Waals surface area (Å²) in [4.78, 5) is 19.5. The maximum Gasteiger partial charge on any atom is 0.241 e. The molecule has 2 heterocycles. The van der Waals surface area contributed by atoms with E-state index in [9.17, 15) is 4.79 Å². The van der Waals surface area contributed by atoms with Crippen LogP contribution in [0.1, 0.15) is 57.3 Å². The molecule has 1 unspecified atom stereocenters. The molecular formula is C24H33BrN4O2S. The zero-order valence-corrected chi connectivity index (χ0v) is 21.0. The molecule has 1 saturated carbocycles. The second-order valence-corrected chi connectivity index (χ2v) is 11.2. The molecule has 2 fully saturated rings. The summed E-state index contributed by atoms with van der Waals surface area (Å²) in [5.41, 5.74) is 0.923. The van der Waals surface area contributed by atoms with Crippen LogP contribution >= 0.6 is 27.7 Å². The molecule has 6 nitrogen and oxygen atoms in total. The SMILES string of the molecule is O=C(NCCCSC1CCCCC1)C1CCCN(Cc2nc(-c3cccc(Br)c3)no2)C1. The summed E-state index contributed by atoms with van der Waals surface area (Å²) < 4.78 is 6.46. The van der Waals surface area contributed by atoms with E-state index < -0.39 is 0 Å². The minimum Gasteiger partial charge on any atom is -0.356 e. The van der Waals surface area contributed by atoms with Gasteiger partial charge in [0.1, 0.15) is 0 Å². The summed E-state index contributed by atoms with van der Waals surface area (Å²) >= 11 is 5.58. The van der Waals surface area contributed by atoms with Crippen molar-refractivity contribution >= 4 is 33.6 Å². The maximum absolute atomic E-state index is 12.7. The smallest absolute Gasteiger partial charge is 0.241 e. The van der Waals surface area contributed by atoms with Crippen LogP contribution in [0.5, 0.6) is 0 Å². The van der Waals surface area contributed by atoms with E-state index >= 15 is 0 Å². The van der Waals surface area contributed by atoms with E-state index in [1.54, 1.807) is 0 Å². The molecule has 8 heteroatoms. The van der Waals surface area contributed by atoms with Crippen LogP contribution in [0.3, 0.4) is 0 Å². The van der Waals surface area contributed by atoms with Crippen molar-refractivity contribution in [2.75, 3.05) is 25.4 Å². The van der Waals surface area contributed by atoms with Gasteiger partial charge in [0, 0.05) is 28.4 Å². The van der Waals surface area contributed by atoms with Gasteiger partial charge in [-0.05, 0) is 56.5 Å². The number of piperidine rings is 1. The molecule has 1 aromatic heterocycles. The van der Waals surface area contributed by atoms with Gasteiger partial charge in [-0.2, -0.15) is 16.7 Å². The molecule has 1 aromatic carbocycles. The summed E-state index contributed by atoms with van der Waals surface area (Å²) in [6.45, 7) is 3.07. The van der Waals surface area contributed by atoms with Crippen molar-refractivity contribution in [2.45, 2.75) is 63.2 Å². The summed E-state index contributed by atoms with van der Waals surface area (Å²) in [5.74, 6) is 2.58. The maximum atomic E-state index is 12.7. The van der Waals surface area contributed by atoms with Crippen LogP contribution in [0.4, 0.5) is 0 Å². The minimum absolute atomic E-state index is 0.0437. The number of halogens is 1. The van der Waals surface area contributed by atoms with Gasteiger partial charge in [-0.25, -0.2) is 0 Å². The Hall–Kier alpha value is -1.38. The van der Waals surface area contributed by atoms with Gasteiger partial charge >= 0.3 is 0 Å². The number of aromatic nitrogens is 2. The van der Waals surface area contributed by atoms with Crippen LogP contribution in [0.25, 0.3) is 11.4 Å². The molecule has 0 bridgehead atoms.